The molecule has 0 fully saturated rings. The van der Waals surface area contributed by atoms with E-state index in [1.54, 1.807) is 0 Å². The number of carbonyl (C=O) groups is 1. The summed E-state index contributed by atoms with van der Waals surface area (Å²) in [5.41, 5.74) is 3.06. The van der Waals surface area contributed by atoms with Gasteiger partial charge in [0.25, 0.3) is 0 Å². The smallest absolute Gasteiger partial charge is 0.154 e. The molecule has 0 spiro atoms. The lowest BCUT2D eigenvalue weighted by Crippen LogP contribution is -1.85. The molecule has 3 nitrogen and oxygen atoms in total. The molecule has 0 saturated carbocycles. The molecule has 0 atom stereocenters. The van der Waals surface area contributed by atoms with Crippen molar-refractivity contribution in [1.29, 1.82) is 0 Å². The van der Waals surface area contributed by atoms with Gasteiger partial charge in [-0.3, -0.25) is 9.89 Å². The average molecular weight is 265 g/mol. The van der Waals surface area contributed by atoms with Crippen LogP contribution >= 0.6 is 15.9 Å². The van der Waals surface area contributed by atoms with Crippen LogP contribution in [0.5, 0.6) is 0 Å². The van der Waals surface area contributed by atoms with Gasteiger partial charge in [-0.1, -0.05) is 28.1 Å². The molecular weight excluding hydrogens is 256 g/mol. The molecule has 0 aliphatic heterocycles. The van der Waals surface area contributed by atoms with Crippen molar-refractivity contribution in [3.8, 4) is 11.3 Å². The van der Waals surface area contributed by atoms with E-state index in [2.05, 4.69) is 26.1 Å². The minimum Gasteiger partial charge on any atom is -0.298 e. The molecule has 0 unspecified atom stereocenters. The first-order valence-corrected chi connectivity index (χ1v) is 5.27. The van der Waals surface area contributed by atoms with Gasteiger partial charge in [0.1, 0.15) is 5.69 Å². The van der Waals surface area contributed by atoms with Gasteiger partial charge in [-0.2, -0.15) is 5.10 Å². The molecule has 0 bridgehead atoms. The molecule has 1 aromatic carbocycles. The molecular formula is C11H9BrN2O. The van der Waals surface area contributed by atoms with Crippen molar-refractivity contribution in [2.75, 3.05) is 0 Å². The van der Waals surface area contributed by atoms with E-state index in [1.807, 2.05) is 31.2 Å². The van der Waals surface area contributed by atoms with Crippen molar-refractivity contribution in [1.82, 2.24) is 10.2 Å². The molecule has 1 aromatic heterocycles. The second-order valence-corrected chi connectivity index (χ2v) is 4.15. The number of rotatable bonds is 2. The van der Waals surface area contributed by atoms with Crippen molar-refractivity contribution >= 4 is 22.2 Å². The minimum absolute atomic E-state index is 0.623. The molecule has 0 radical (unpaired) electrons. The number of carbonyl (C=O) groups excluding carboxylic acids is 1. The van der Waals surface area contributed by atoms with Crippen LogP contribution in [0.25, 0.3) is 11.3 Å². The zero-order chi connectivity index (χ0) is 10.8. The van der Waals surface area contributed by atoms with E-state index >= 15 is 0 Å². The summed E-state index contributed by atoms with van der Waals surface area (Å²) in [6, 6.07) is 7.70. The number of aromatic amines is 1. The molecule has 1 N–H and O–H groups in total. The Morgan fingerprint density at radius 3 is 2.60 bits per heavy atom. The van der Waals surface area contributed by atoms with E-state index in [-0.39, 0.29) is 0 Å². The molecule has 76 valence electrons. The van der Waals surface area contributed by atoms with E-state index in [1.165, 1.54) is 0 Å². The summed E-state index contributed by atoms with van der Waals surface area (Å²) in [6.45, 7) is 1.83. The second kappa shape index (κ2) is 3.98. The number of H-pyrrole nitrogens is 1. The number of hydrogen-bond acceptors (Lipinski definition) is 2. The predicted octanol–water partition coefficient (Wildman–Crippen LogP) is 2.96. The standard InChI is InChI=1S/C11H9BrN2O/c1-7-10(6-15)11(14-13-7)8-2-4-9(12)5-3-8/h2-6H,1H3,(H,13,14). The highest BCUT2D eigenvalue weighted by molar-refractivity contribution is 9.10. The van der Waals surface area contributed by atoms with Crippen molar-refractivity contribution < 1.29 is 4.79 Å². The summed E-state index contributed by atoms with van der Waals surface area (Å²) in [4.78, 5) is 10.9. The van der Waals surface area contributed by atoms with Crippen LogP contribution in [-0.2, 0) is 0 Å². The summed E-state index contributed by atoms with van der Waals surface area (Å²) in [7, 11) is 0. The summed E-state index contributed by atoms with van der Waals surface area (Å²) < 4.78 is 1.01. The van der Waals surface area contributed by atoms with Crippen LogP contribution in [0, 0.1) is 6.92 Å². The molecule has 1 heterocycles. The molecule has 0 amide bonds. The molecule has 15 heavy (non-hydrogen) atoms. The Bertz CT molecular complexity index is 488. The van der Waals surface area contributed by atoms with Gasteiger partial charge < -0.3 is 0 Å². The first-order valence-electron chi connectivity index (χ1n) is 4.48. The predicted molar refractivity (Wildman–Crippen MR) is 61.8 cm³/mol. The normalized spacial score (nSPS) is 10.3. The zero-order valence-corrected chi connectivity index (χ0v) is 9.71. The van der Waals surface area contributed by atoms with Crippen molar-refractivity contribution in [3.63, 3.8) is 0 Å². The first-order chi connectivity index (χ1) is 7.22. The summed E-state index contributed by atoms with van der Waals surface area (Å²) in [5, 5.41) is 6.92. The maximum absolute atomic E-state index is 10.9. The SMILES string of the molecule is Cc1[nH]nc(-c2ccc(Br)cc2)c1C=O. The highest BCUT2D eigenvalue weighted by atomic mass is 79.9. The third kappa shape index (κ3) is 1.85. The zero-order valence-electron chi connectivity index (χ0n) is 8.12. The van der Waals surface area contributed by atoms with Gasteiger partial charge in [-0.25, -0.2) is 0 Å². The van der Waals surface area contributed by atoms with E-state index in [4.69, 9.17) is 0 Å². The number of aldehydes is 1. The Hall–Kier alpha value is -1.42. The summed E-state index contributed by atoms with van der Waals surface area (Å²) in [5.74, 6) is 0. The largest absolute Gasteiger partial charge is 0.298 e. The van der Waals surface area contributed by atoms with Gasteiger partial charge >= 0.3 is 0 Å². The topological polar surface area (TPSA) is 45.8 Å². The number of aromatic nitrogens is 2. The van der Waals surface area contributed by atoms with Gasteiger partial charge in [0.05, 0.1) is 5.56 Å². The van der Waals surface area contributed by atoms with Crippen LogP contribution in [-0.4, -0.2) is 16.5 Å². The lowest BCUT2D eigenvalue weighted by molar-refractivity contribution is 0.112. The summed E-state index contributed by atoms with van der Waals surface area (Å²) >= 11 is 3.36. The van der Waals surface area contributed by atoms with E-state index in [0.717, 1.165) is 22.0 Å². The van der Waals surface area contributed by atoms with Crippen LogP contribution in [0.4, 0.5) is 0 Å². The fraction of sp³-hybridized carbons (Fsp3) is 0.0909. The maximum atomic E-state index is 10.9. The molecule has 0 aliphatic rings. The number of aryl methyl sites for hydroxylation is 1. The summed E-state index contributed by atoms with van der Waals surface area (Å²) in [6.07, 6.45) is 0.830. The minimum atomic E-state index is 0.623. The van der Waals surface area contributed by atoms with E-state index < -0.39 is 0 Å². The molecule has 2 aromatic rings. The first kappa shape index (κ1) is 10.1. The van der Waals surface area contributed by atoms with Crippen LogP contribution in [0.2, 0.25) is 0 Å². The Labute approximate surface area is 95.6 Å². The third-order valence-corrected chi connectivity index (χ3v) is 2.76. The number of benzene rings is 1. The van der Waals surface area contributed by atoms with Crippen LogP contribution in [0.1, 0.15) is 16.1 Å². The lowest BCUT2D eigenvalue weighted by atomic mass is 10.1. The van der Waals surface area contributed by atoms with Gasteiger partial charge in [0, 0.05) is 15.7 Å². The number of hydrogen-bond donors (Lipinski definition) is 1. The monoisotopic (exact) mass is 264 g/mol. The molecule has 2 rings (SSSR count). The van der Waals surface area contributed by atoms with Crippen molar-refractivity contribution in [2.24, 2.45) is 0 Å². The van der Waals surface area contributed by atoms with E-state index in [0.29, 0.717) is 11.3 Å². The fourth-order valence-electron chi connectivity index (χ4n) is 1.41. The van der Waals surface area contributed by atoms with Crippen LogP contribution in [0.15, 0.2) is 28.7 Å². The lowest BCUT2D eigenvalue weighted by Gasteiger charge is -1.97. The van der Waals surface area contributed by atoms with Crippen molar-refractivity contribution in [2.45, 2.75) is 6.92 Å². The highest BCUT2D eigenvalue weighted by Gasteiger charge is 2.10. The third-order valence-electron chi connectivity index (χ3n) is 2.23. The Kier molecular flexibility index (Phi) is 2.68. The highest BCUT2D eigenvalue weighted by Crippen LogP contribution is 2.23. The maximum Gasteiger partial charge on any atom is 0.154 e. The molecule has 0 saturated heterocycles. The van der Waals surface area contributed by atoms with Crippen molar-refractivity contribution in [3.05, 3.63) is 40.0 Å². The Balaban J connectivity index is 2.53. The molecule has 4 heteroatoms. The number of nitrogens with one attached hydrogen (secondary N) is 1. The van der Waals surface area contributed by atoms with Gasteiger partial charge in [-0.15, -0.1) is 0 Å². The quantitative estimate of drug-likeness (QED) is 0.848. The van der Waals surface area contributed by atoms with Gasteiger partial charge in [0.2, 0.25) is 0 Å². The number of halogens is 1. The molecule has 0 aliphatic carbocycles. The number of nitrogens with zero attached hydrogens (tertiary/aromatic N) is 1. The van der Waals surface area contributed by atoms with Crippen LogP contribution < -0.4 is 0 Å². The van der Waals surface area contributed by atoms with Gasteiger partial charge in [-0.05, 0) is 19.1 Å². The Morgan fingerprint density at radius 2 is 2.00 bits per heavy atom. The fourth-order valence-corrected chi connectivity index (χ4v) is 1.67. The van der Waals surface area contributed by atoms with Crippen LogP contribution in [0.3, 0.4) is 0 Å². The second-order valence-electron chi connectivity index (χ2n) is 3.24. The van der Waals surface area contributed by atoms with Gasteiger partial charge in [0.15, 0.2) is 6.29 Å². The van der Waals surface area contributed by atoms with E-state index in [9.17, 15) is 4.79 Å². The average Bonchev–Trinajstić information content (AvgIpc) is 2.61. The Morgan fingerprint density at radius 1 is 1.33 bits per heavy atom.